The molecule has 0 spiro atoms. The summed E-state index contributed by atoms with van der Waals surface area (Å²) < 4.78 is 22.4. The molecule has 9 nitrogen and oxygen atoms in total. The van der Waals surface area contributed by atoms with E-state index in [9.17, 15) is 4.79 Å². The maximum absolute atomic E-state index is 15.0. The van der Waals surface area contributed by atoms with Crippen molar-refractivity contribution in [3.8, 4) is 22.6 Å². The molecule has 3 aromatic heterocycles. The number of fused-ring (bicyclic) bond motifs is 1. The lowest BCUT2D eigenvalue weighted by Gasteiger charge is -2.29. The molecule has 220 valence electrons. The first-order valence-electron chi connectivity index (χ1n) is 13.9. The van der Waals surface area contributed by atoms with Gasteiger partial charge >= 0.3 is 0 Å². The quantitative estimate of drug-likeness (QED) is 0.195. The second-order valence-corrected chi connectivity index (χ2v) is 11.3. The number of halogens is 2. The molecule has 4 heterocycles. The Balaban J connectivity index is 1.18. The summed E-state index contributed by atoms with van der Waals surface area (Å²) in [5, 5.41) is 8.40. The standard InChI is InChI=1S/C32H25ClFN7O2S/c33-24-7-2-1-6-23(24)30(42)36-21-5-3-4-20(18-21)28-29(41-14-17-44-32(41)39-28)26-10-11-35-31(38-26)37-22-8-9-27(25(34)19-22)40-12-15-43-16-13-40/h1-11,14,17-19H,12-13,15-16H2,(H,36,42)(H,35,37,38). The van der Waals surface area contributed by atoms with E-state index in [-0.39, 0.29) is 11.7 Å². The fourth-order valence-corrected chi connectivity index (χ4v) is 6.08. The third kappa shape index (κ3) is 5.60. The molecule has 0 saturated carbocycles. The number of hydrogen-bond donors (Lipinski definition) is 2. The fraction of sp³-hybridized carbons (Fsp3) is 0.125. The highest BCUT2D eigenvalue weighted by Gasteiger charge is 2.20. The average molecular weight is 626 g/mol. The molecule has 12 heteroatoms. The zero-order chi connectivity index (χ0) is 30.0. The number of nitrogens with one attached hydrogen (secondary N) is 2. The van der Waals surface area contributed by atoms with Crippen molar-refractivity contribution in [3.05, 3.63) is 107 Å². The van der Waals surface area contributed by atoms with E-state index in [4.69, 9.17) is 26.3 Å². The highest BCUT2D eigenvalue weighted by Crippen LogP contribution is 2.35. The molecule has 1 aliphatic heterocycles. The van der Waals surface area contributed by atoms with Crippen LogP contribution in [-0.2, 0) is 4.74 Å². The number of thiazole rings is 1. The van der Waals surface area contributed by atoms with Crippen molar-refractivity contribution < 1.29 is 13.9 Å². The topological polar surface area (TPSA) is 96.7 Å². The van der Waals surface area contributed by atoms with E-state index in [0.29, 0.717) is 71.3 Å². The fourth-order valence-electron chi connectivity index (χ4n) is 5.15. The molecule has 0 aliphatic carbocycles. The van der Waals surface area contributed by atoms with Gasteiger partial charge in [-0.15, -0.1) is 11.3 Å². The Morgan fingerprint density at radius 1 is 0.977 bits per heavy atom. The Bertz CT molecular complexity index is 1990. The molecule has 7 rings (SSSR count). The minimum Gasteiger partial charge on any atom is -0.378 e. The summed E-state index contributed by atoms with van der Waals surface area (Å²) in [6.07, 6.45) is 3.59. The van der Waals surface area contributed by atoms with Gasteiger partial charge in [0, 0.05) is 47.8 Å². The molecule has 2 N–H and O–H groups in total. The van der Waals surface area contributed by atoms with Gasteiger partial charge in [0.15, 0.2) is 4.96 Å². The lowest BCUT2D eigenvalue weighted by molar-refractivity contribution is 0.102. The van der Waals surface area contributed by atoms with Gasteiger partial charge in [0.05, 0.1) is 40.9 Å². The molecule has 1 fully saturated rings. The summed E-state index contributed by atoms with van der Waals surface area (Å²) in [6, 6.07) is 21.2. The van der Waals surface area contributed by atoms with Crippen molar-refractivity contribution in [2.24, 2.45) is 0 Å². The summed E-state index contributed by atoms with van der Waals surface area (Å²) in [5.41, 5.74) is 4.93. The minimum atomic E-state index is -0.326. The van der Waals surface area contributed by atoms with Crippen LogP contribution in [-0.4, -0.2) is 51.6 Å². The van der Waals surface area contributed by atoms with Crippen LogP contribution in [0.15, 0.2) is 90.6 Å². The molecule has 6 aromatic rings. The third-order valence-corrected chi connectivity index (χ3v) is 8.31. The molecule has 1 aliphatic rings. The molecule has 1 saturated heterocycles. The third-order valence-electron chi connectivity index (χ3n) is 7.23. The normalized spacial score (nSPS) is 13.3. The van der Waals surface area contributed by atoms with Gasteiger partial charge in [0.25, 0.3) is 5.91 Å². The van der Waals surface area contributed by atoms with Crippen LogP contribution < -0.4 is 15.5 Å². The van der Waals surface area contributed by atoms with Crippen LogP contribution in [0.4, 0.5) is 27.4 Å². The molecule has 1 amide bonds. The van der Waals surface area contributed by atoms with Crippen molar-refractivity contribution in [3.63, 3.8) is 0 Å². The summed E-state index contributed by atoms with van der Waals surface area (Å²) in [5.74, 6) is -0.315. The molecule has 0 atom stereocenters. The number of rotatable bonds is 7. The number of amides is 1. The van der Waals surface area contributed by atoms with Crippen molar-refractivity contribution in [1.82, 2.24) is 19.4 Å². The Labute approximate surface area is 260 Å². The van der Waals surface area contributed by atoms with Crippen molar-refractivity contribution in [2.45, 2.75) is 0 Å². The van der Waals surface area contributed by atoms with Crippen molar-refractivity contribution >= 4 is 56.8 Å². The SMILES string of the molecule is O=C(Nc1cccc(-c2nc3sccn3c2-c2ccnc(Nc3ccc(N4CCOCC4)c(F)c3)n2)c1)c1ccccc1Cl. The Morgan fingerprint density at radius 3 is 2.68 bits per heavy atom. The van der Waals surface area contributed by atoms with Gasteiger partial charge in [-0.3, -0.25) is 9.20 Å². The highest BCUT2D eigenvalue weighted by molar-refractivity contribution is 7.15. The molecular formula is C32H25ClFN7O2S. The second-order valence-electron chi connectivity index (χ2n) is 10.0. The maximum atomic E-state index is 15.0. The van der Waals surface area contributed by atoms with E-state index in [1.54, 1.807) is 42.6 Å². The first kappa shape index (κ1) is 28.0. The van der Waals surface area contributed by atoms with Gasteiger partial charge < -0.3 is 20.3 Å². The van der Waals surface area contributed by atoms with E-state index in [1.165, 1.54) is 17.4 Å². The zero-order valence-corrected chi connectivity index (χ0v) is 24.8. The number of anilines is 4. The number of aromatic nitrogens is 4. The van der Waals surface area contributed by atoms with E-state index in [0.717, 1.165) is 16.2 Å². The maximum Gasteiger partial charge on any atom is 0.257 e. The minimum absolute atomic E-state index is 0.306. The van der Waals surface area contributed by atoms with Crippen LogP contribution in [0.5, 0.6) is 0 Å². The molecule has 0 bridgehead atoms. The Morgan fingerprint density at radius 2 is 1.84 bits per heavy atom. The van der Waals surface area contributed by atoms with Gasteiger partial charge in [-0.1, -0.05) is 35.9 Å². The zero-order valence-electron chi connectivity index (χ0n) is 23.2. The monoisotopic (exact) mass is 625 g/mol. The number of morpholine rings is 1. The lowest BCUT2D eigenvalue weighted by Crippen LogP contribution is -2.36. The number of nitrogens with zero attached hydrogens (tertiary/aromatic N) is 5. The van der Waals surface area contributed by atoms with Crippen LogP contribution in [0, 0.1) is 5.82 Å². The van der Waals surface area contributed by atoms with Crippen LogP contribution in [0.1, 0.15) is 10.4 Å². The summed E-state index contributed by atoms with van der Waals surface area (Å²) in [4.78, 5) is 29.7. The molecule has 44 heavy (non-hydrogen) atoms. The van der Waals surface area contributed by atoms with E-state index in [2.05, 4.69) is 15.6 Å². The van der Waals surface area contributed by atoms with Gasteiger partial charge in [-0.2, -0.15) is 0 Å². The van der Waals surface area contributed by atoms with Crippen molar-refractivity contribution in [2.75, 3.05) is 41.8 Å². The van der Waals surface area contributed by atoms with Crippen LogP contribution in [0.25, 0.3) is 27.6 Å². The van der Waals surface area contributed by atoms with E-state index in [1.807, 2.05) is 51.2 Å². The Kier molecular flexibility index (Phi) is 7.65. The number of imidazole rings is 1. The molecule has 0 unspecified atom stereocenters. The Hall–Kier alpha value is -4.84. The number of benzene rings is 3. The van der Waals surface area contributed by atoms with E-state index < -0.39 is 0 Å². The predicted molar refractivity (Wildman–Crippen MR) is 172 cm³/mol. The van der Waals surface area contributed by atoms with Gasteiger partial charge in [0.2, 0.25) is 5.95 Å². The molecule has 0 radical (unpaired) electrons. The van der Waals surface area contributed by atoms with Crippen LogP contribution >= 0.6 is 22.9 Å². The van der Waals surface area contributed by atoms with Gasteiger partial charge in [-0.05, 0) is 48.5 Å². The largest absolute Gasteiger partial charge is 0.378 e. The predicted octanol–water partition coefficient (Wildman–Crippen LogP) is 7.14. The number of carbonyl (C=O) groups is 1. The summed E-state index contributed by atoms with van der Waals surface area (Å²) in [7, 11) is 0. The van der Waals surface area contributed by atoms with E-state index >= 15 is 4.39 Å². The van der Waals surface area contributed by atoms with Crippen molar-refractivity contribution in [1.29, 1.82) is 0 Å². The van der Waals surface area contributed by atoms with Gasteiger partial charge in [0.1, 0.15) is 11.5 Å². The number of hydrogen-bond acceptors (Lipinski definition) is 8. The first-order chi connectivity index (χ1) is 21.5. The molecular weight excluding hydrogens is 601 g/mol. The number of carbonyl (C=O) groups excluding carboxylic acids is 1. The highest BCUT2D eigenvalue weighted by atomic mass is 35.5. The van der Waals surface area contributed by atoms with Crippen LogP contribution in [0.2, 0.25) is 5.02 Å². The summed E-state index contributed by atoms with van der Waals surface area (Å²) >= 11 is 7.73. The van der Waals surface area contributed by atoms with Crippen LogP contribution in [0.3, 0.4) is 0 Å². The average Bonchev–Trinajstić information content (AvgIpc) is 3.64. The first-order valence-corrected chi connectivity index (χ1v) is 15.1. The number of ether oxygens (including phenoxy) is 1. The van der Waals surface area contributed by atoms with Gasteiger partial charge in [-0.25, -0.2) is 19.3 Å². The second kappa shape index (κ2) is 12.0. The summed E-state index contributed by atoms with van der Waals surface area (Å²) in [6.45, 7) is 2.46. The lowest BCUT2D eigenvalue weighted by atomic mass is 10.1. The smallest absolute Gasteiger partial charge is 0.257 e. The molecule has 3 aromatic carbocycles.